The molecular formula is C9H11Cl2N3O2. The molecule has 5 nitrogen and oxygen atoms in total. The fourth-order valence-corrected chi connectivity index (χ4v) is 1.76. The van der Waals surface area contributed by atoms with E-state index in [1.807, 2.05) is 5.43 Å². The Bertz CT molecular complexity index is 412. The van der Waals surface area contributed by atoms with Crippen LogP contribution in [-0.2, 0) is 0 Å². The number of hydrazine groups is 1. The number of hydrogen-bond donors (Lipinski definition) is 2. The lowest BCUT2D eigenvalue weighted by Gasteiger charge is -2.20. The number of urea groups is 1. The second-order valence-corrected chi connectivity index (χ2v) is 3.79. The standard InChI is InChI=1S/C9H11Cl2N3O2/c1-14(9(15)13-12)7-4-5(10)3-6(11)8(7)16-2/h3-4H,12H2,1-2H3,(H,13,15). The topological polar surface area (TPSA) is 67.6 Å². The van der Waals surface area contributed by atoms with Gasteiger partial charge in [0.15, 0.2) is 5.75 Å². The lowest BCUT2D eigenvalue weighted by molar-refractivity contribution is 0.247. The summed E-state index contributed by atoms with van der Waals surface area (Å²) in [4.78, 5) is 12.6. The molecule has 0 bridgehead atoms. The van der Waals surface area contributed by atoms with Crippen molar-refractivity contribution in [3.8, 4) is 5.75 Å². The van der Waals surface area contributed by atoms with E-state index in [1.165, 1.54) is 25.1 Å². The van der Waals surface area contributed by atoms with Crippen LogP contribution in [0.1, 0.15) is 0 Å². The van der Waals surface area contributed by atoms with Crippen LogP contribution in [0, 0.1) is 0 Å². The minimum absolute atomic E-state index is 0.321. The maximum atomic E-state index is 11.4. The van der Waals surface area contributed by atoms with Crippen molar-refractivity contribution < 1.29 is 9.53 Å². The van der Waals surface area contributed by atoms with Gasteiger partial charge in [0.25, 0.3) is 0 Å². The zero-order valence-electron chi connectivity index (χ0n) is 8.75. The van der Waals surface area contributed by atoms with Crippen LogP contribution in [0.3, 0.4) is 0 Å². The molecule has 1 aromatic rings. The molecule has 1 aromatic carbocycles. The summed E-state index contributed by atoms with van der Waals surface area (Å²) >= 11 is 11.8. The van der Waals surface area contributed by atoms with Crippen LogP contribution in [0.15, 0.2) is 12.1 Å². The number of halogens is 2. The summed E-state index contributed by atoms with van der Waals surface area (Å²) in [5.74, 6) is 5.39. The summed E-state index contributed by atoms with van der Waals surface area (Å²) in [6.07, 6.45) is 0. The Labute approximate surface area is 103 Å². The number of hydrogen-bond acceptors (Lipinski definition) is 3. The van der Waals surface area contributed by atoms with Crippen molar-refractivity contribution >= 4 is 34.9 Å². The van der Waals surface area contributed by atoms with Crippen molar-refractivity contribution in [1.29, 1.82) is 0 Å². The van der Waals surface area contributed by atoms with Gasteiger partial charge in [0, 0.05) is 12.1 Å². The molecule has 16 heavy (non-hydrogen) atoms. The van der Waals surface area contributed by atoms with Gasteiger partial charge in [0.1, 0.15) is 0 Å². The number of rotatable bonds is 2. The largest absolute Gasteiger partial charge is 0.493 e. The highest BCUT2D eigenvalue weighted by Crippen LogP contribution is 2.37. The van der Waals surface area contributed by atoms with Crippen LogP contribution in [0.4, 0.5) is 10.5 Å². The second kappa shape index (κ2) is 5.25. The number of methoxy groups -OCH3 is 1. The molecule has 0 aliphatic heterocycles. The first-order valence-electron chi connectivity index (χ1n) is 4.28. The smallest absolute Gasteiger partial charge is 0.335 e. The Morgan fingerprint density at radius 2 is 2.12 bits per heavy atom. The molecule has 0 spiro atoms. The molecule has 88 valence electrons. The molecule has 3 N–H and O–H groups in total. The van der Waals surface area contributed by atoms with E-state index in [1.54, 1.807) is 6.07 Å². The normalized spacial score (nSPS) is 9.81. The van der Waals surface area contributed by atoms with Gasteiger partial charge in [0.05, 0.1) is 17.8 Å². The third-order valence-corrected chi connectivity index (χ3v) is 2.48. The highest BCUT2D eigenvalue weighted by Gasteiger charge is 2.17. The van der Waals surface area contributed by atoms with Gasteiger partial charge in [0.2, 0.25) is 0 Å². The zero-order chi connectivity index (χ0) is 12.3. The number of amides is 2. The van der Waals surface area contributed by atoms with E-state index >= 15 is 0 Å². The fraction of sp³-hybridized carbons (Fsp3) is 0.222. The van der Waals surface area contributed by atoms with E-state index in [0.717, 1.165) is 0 Å². The number of carbonyl (C=O) groups excluding carboxylic acids is 1. The first-order chi connectivity index (χ1) is 7.51. The number of anilines is 1. The summed E-state index contributed by atoms with van der Waals surface area (Å²) < 4.78 is 5.09. The van der Waals surface area contributed by atoms with Gasteiger partial charge in [-0.05, 0) is 12.1 Å². The van der Waals surface area contributed by atoms with Crippen LogP contribution in [0.2, 0.25) is 10.0 Å². The van der Waals surface area contributed by atoms with Crippen LogP contribution in [0.25, 0.3) is 0 Å². The Hall–Kier alpha value is -1.17. The van der Waals surface area contributed by atoms with Crippen LogP contribution < -0.4 is 20.9 Å². The van der Waals surface area contributed by atoms with E-state index in [4.69, 9.17) is 33.8 Å². The number of ether oxygens (including phenoxy) is 1. The molecule has 0 saturated heterocycles. The van der Waals surface area contributed by atoms with Gasteiger partial charge in [-0.25, -0.2) is 10.6 Å². The Morgan fingerprint density at radius 1 is 1.50 bits per heavy atom. The van der Waals surface area contributed by atoms with E-state index < -0.39 is 6.03 Å². The quantitative estimate of drug-likeness (QED) is 0.488. The molecule has 0 heterocycles. The lowest BCUT2D eigenvalue weighted by atomic mass is 10.2. The molecule has 0 aliphatic rings. The molecule has 0 fully saturated rings. The van der Waals surface area contributed by atoms with Gasteiger partial charge < -0.3 is 4.74 Å². The fourth-order valence-electron chi connectivity index (χ4n) is 1.20. The monoisotopic (exact) mass is 263 g/mol. The third-order valence-electron chi connectivity index (χ3n) is 1.98. The summed E-state index contributed by atoms with van der Waals surface area (Å²) in [7, 11) is 2.97. The SMILES string of the molecule is COc1c(Cl)cc(Cl)cc1N(C)C(=O)NN. The van der Waals surface area contributed by atoms with Gasteiger partial charge >= 0.3 is 6.03 Å². The van der Waals surface area contributed by atoms with E-state index in [9.17, 15) is 4.79 Å². The number of benzene rings is 1. The Balaban J connectivity index is 3.25. The average Bonchev–Trinajstić information content (AvgIpc) is 2.26. The van der Waals surface area contributed by atoms with Crippen LogP contribution in [0.5, 0.6) is 5.75 Å². The van der Waals surface area contributed by atoms with Crippen molar-refractivity contribution in [1.82, 2.24) is 5.43 Å². The molecule has 0 unspecified atom stereocenters. The van der Waals surface area contributed by atoms with Gasteiger partial charge in [-0.1, -0.05) is 23.2 Å². The average molecular weight is 264 g/mol. The van der Waals surface area contributed by atoms with Gasteiger partial charge in [-0.2, -0.15) is 0 Å². The predicted molar refractivity (Wildman–Crippen MR) is 64.1 cm³/mol. The van der Waals surface area contributed by atoms with Crippen molar-refractivity contribution in [3.63, 3.8) is 0 Å². The molecule has 0 saturated carbocycles. The summed E-state index contributed by atoms with van der Waals surface area (Å²) in [5.41, 5.74) is 2.43. The summed E-state index contributed by atoms with van der Waals surface area (Å²) in [6, 6.07) is 2.58. The van der Waals surface area contributed by atoms with Crippen molar-refractivity contribution in [2.75, 3.05) is 19.1 Å². The molecule has 7 heteroatoms. The minimum atomic E-state index is -0.503. The maximum Gasteiger partial charge on any atom is 0.335 e. The Kier molecular flexibility index (Phi) is 4.23. The molecule has 0 aliphatic carbocycles. The van der Waals surface area contributed by atoms with Crippen molar-refractivity contribution in [3.05, 3.63) is 22.2 Å². The van der Waals surface area contributed by atoms with Crippen molar-refractivity contribution in [2.45, 2.75) is 0 Å². The van der Waals surface area contributed by atoms with Gasteiger partial charge in [-0.15, -0.1) is 0 Å². The minimum Gasteiger partial charge on any atom is -0.493 e. The number of nitrogens with two attached hydrogens (primary N) is 1. The van der Waals surface area contributed by atoms with E-state index in [-0.39, 0.29) is 0 Å². The molecule has 1 rings (SSSR count). The predicted octanol–water partition coefficient (Wildman–Crippen LogP) is 2.02. The first-order valence-corrected chi connectivity index (χ1v) is 5.04. The highest BCUT2D eigenvalue weighted by molar-refractivity contribution is 6.36. The second-order valence-electron chi connectivity index (χ2n) is 2.95. The summed E-state index contributed by atoms with van der Waals surface area (Å²) in [5, 5.41) is 0.721. The Morgan fingerprint density at radius 3 is 2.62 bits per heavy atom. The number of nitrogens with one attached hydrogen (secondary N) is 1. The molecule has 2 amide bonds. The molecular weight excluding hydrogens is 253 g/mol. The van der Waals surface area contributed by atoms with Crippen LogP contribution >= 0.6 is 23.2 Å². The lowest BCUT2D eigenvalue weighted by Crippen LogP contribution is -2.41. The van der Waals surface area contributed by atoms with Crippen LogP contribution in [-0.4, -0.2) is 20.2 Å². The number of nitrogens with zero attached hydrogens (tertiary/aromatic N) is 1. The third kappa shape index (κ3) is 2.49. The maximum absolute atomic E-state index is 11.4. The molecule has 0 atom stereocenters. The van der Waals surface area contributed by atoms with Gasteiger partial charge in [-0.3, -0.25) is 10.3 Å². The molecule has 0 radical (unpaired) electrons. The highest BCUT2D eigenvalue weighted by atomic mass is 35.5. The zero-order valence-corrected chi connectivity index (χ0v) is 10.3. The van der Waals surface area contributed by atoms with E-state index in [0.29, 0.717) is 21.5 Å². The molecule has 0 aromatic heterocycles. The first kappa shape index (κ1) is 12.9. The summed E-state index contributed by atoms with van der Waals surface area (Å²) in [6.45, 7) is 0. The van der Waals surface area contributed by atoms with E-state index in [2.05, 4.69) is 0 Å². The van der Waals surface area contributed by atoms with Crippen molar-refractivity contribution in [2.24, 2.45) is 5.84 Å². The number of carbonyl (C=O) groups is 1.